The predicted octanol–water partition coefficient (Wildman–Crippen LogP) is 2.31. The van der Waals surface area contributed by atoms with Crippen molar-refractivity contribution in [3.05, 3.63) is 54.1 Å². The second kappa shape index (κ2) is 5.67. The molecule has 0 fully saturated rings. The molecule has 1 unspecified atom stereocenters. The van der Waals surface area contributed by atoms with E-state index in [-0.39, 0.29) is 5.75 Å². The number of likely N-dealkylation sites (N-methyl/N-ethyl adjacent to an activating group) is 1. The van der Waals surface area contributed by atoms with Crippen LogP contribution in [0.15, 0.2) is 48.5 Å². The molecule has 0 aliphatic heterocycles. The van der Waals surface area contributed by atoms with Crippen LogP contribution >= 0.6 is 0 Å². The van der Waals surface area contributed by atoms with E-state index < -0.39 is 6.10 Å². The highest BCUT2D eigenvalue weighted by molar-refractivity contribution is 5.64. The fourth-order valence-electron chi connectivity index (χ4n) is 1.86. The third-order valence-electron chi connectivity index (χ3n) is 2.89. The Balaban J connectivity index is 2.19. The monoisotopic (exact) mass is 243 g/mol. The smallest absolute Gasteiger partial charge is 0.115 e. The van der Waals surface area contributed by atoms with Crippen LogP contribution in [0.3, 0.4) is 0 Å². The summed E-state index contributed by atoms with van der Waals surface area (Å²) >= 11 is 0. The molecular weight excluding hydrogens is 226 g/mol. The minimum atomic E-state index is -0.483. The molecule has 3 N–H and O–H groups in total. The van der Waals surface area contributed by atoms with Gasteiger partial charge in [0.05, 0.1) is 6.10 Å². The lowest BCUT2D eigenvalue weighted by Crippen LogP contribution is -2.16. The molecule has 0 amide bonds. The highest BCUT2D eigenvalue weighted by Crippen LogP contribution is 2.23. The number of benzene rings is 2. The van der Waals surface area contributed by atoms with E-state index in [1.54, 1.807) is 12.1 Å². The molecule has 0 saturated carbocycles. The van der Waals surface area contributed by atoms with Crippen LogP contribution in [0.1, 0.15) is 11.7 Å². The lowest BCUT2D eigenvalue weighted by Gasteiger charge is -2.11. The van der Waals surface area contributed by atoms with Crippen molar-refractivity contribution in [2.24, 2.45) is 0 Å². The Morgan fingerprint density at radius 2 is 1.44 bits per heavy atom. The highest BCUT2D eigenvalue weighted by atomic mass is 16.3. The SMILES string of the molecule is CNCC(O)c1ccc(-c2ccc(O)cc2)cc1. The normalized spacial score (nSPS) is 12.3. The van der Waals surface area contributed by atoms with Gasteiger partial charge in [-0.1, -0.05) is 36.4 Å². The van der Waals surface area contributed by atoms with Gasteiger partial charge in [0.2, 0.25) is 0 Å². The van der Waals surface area contributed by atoms with Gasteiger partial charge in [-0.3, -0.25) is 0 Å². The number of hydrogen-bond donors (Lipinski definition) is 3. The van der Waals surface area contributed by atoms with Crippen molar-refractivity contribution in [1.82, 2.24) is 5.32 Å². The Bertz CT molecular complexity index is 491. The van der Waals surface area contributed by atoms with Crippen molar-refractivity contribution in [2.75, 3.05) is 13.6 Å². The van der Waals surface area contributed by atoms with Gasteiger partial charge in [-0.2, -0.15) is 0 Å². The molecule has 0 aromatic heterocycles. The Kier molecular flexibility index (Phi) is 3.97. The molecule has 2 aromatic carbocycles. The van der Waals surface area contributed by atoms with Gasteiger partial charge in [-0.05, 0) is 35.9 Å². The third kappa shape index (κ3) is 2.88. The fourth-order valence-corrected chi connectivity index (χ4v) is 1.86. The molecule has 0 aliphatic carbocycles. The van der Waals surface area contributed by atoms with Crippen LogP contribution in [0.25, 0.3) is 11.1 Å². The van der Waals surface area contributed by atoms with Gasteiger partial charge in [0, 0.05) is 6.54 Å². The van der Waals surface area contributed by atoms with Crippen molar-refractivity contribution in [3.8, 4) is 16.9 Å². The van der Waals surface area contributed by atoms with Gasteiger partial charge in [0.1, 0.15) is 5.75 Å². The molecule has 0 aliphatic rings. The van der Waals surface area contributed by atoms with Crippen molar-refractivity contribution >= 4 is 0 Å². The van der Waals surface area contributed by atoms with Gasteiger partial charge in [0.25, 0.3) is 0 Å². The molecule has 0 spiro atoms. The van der Waals surface area contributed by atoms with Crippen molar-refractivity contribution < 1.29 is 10.2 Å². The largest absolute Gasteiger partial charge is 0.508 e. The number of aromatic hydroxyl groups is 1. The Hall–Kier alpha value is -1.84. The maximum Gasteiger partial charge on any atom is 0.115 e. The summed E-state index contributed by atoms with van der Waals surface area (Å²) in [6.07, 6.45) is -0.483. The molecule has 0 saturated heterocycles. The Labute approximate surface area is 107 Å². The first kappa shape index (κ1) is 12.6. The highest BCUT2D eigenvalue weighted by Gasteiger charge is 2.06. The van der Waals surface area contributed by atoms with E-state index >= 15 is 0 Å². The summed E-state index contributed by atoms with van der Waals surface area (Å²) in [6.45, 7) is 0.540. The molecule has 0 bridgehead atoms. The van der Waals surface area contributed by atoms with E-state index in [2.05, 4.69) is 5.32 Å². The minimum absolute atomic E-state index is 0.264. The summed E-state index contributed by atoms with van der Waals surface area (Å²) in [5.41, 5.74) is 3.00. The summed E-state index contributed by atoms with van der Waals surface area (Å²) in [5, 5.41) is 22.0. The van der Waals surface area contributed by atoms with Crippen LogP contribution < -0.4 is 5.32 Å². The van der Waals surface area contributed by atoms with Gasteiger partial charge in [0.15, 0.2) is 0 Å². The molecule has 18 heavy (non-hydrogen) atoms. The van der Waals surface area contributed by atoms with Crippen LogP contribution in [0.5, 0.6) is 5.75 Å². The standard InChI is InChI=1S/C15H17NO2/c1-16-10-15(18)13-4-2-11(3-5-13)12-6-8-14(17)9-7-12/h2-9,15-18H,10H2,1H3. The van der Waals surface area contributed by atoms with E-state index in [1.165, 1.54) is 0 Å². The summed E-state index contributed by atoms with van der Waals surface area (Å²) in [4.78, 5) is 0. The van der Waals surface area contributed by atoms with E-state index in [1.807, 2.05) is 43.4 Å². The molecular formula is C15H17NO2. The van der Waals surface area contributed by atoms with Crippen LogP contribution in [-0.4, -0.2) is 23.8 Å². The molecule has 2 rings (SSSR count). The molecule has 1 atom stereocenters. The number of aliphatic hydroxyl groups is 1. The van der Waals surface area contributed by atoms with Crippen LogP contribution in [0.4, 0.5) is 0 Å². The number of phenols is 1. The lowest BCUT2D eigenvalue weighted by molar-refractivity contribution is 0.178. The lowest BCUT2D eigenvalue weighted by atomic mass is 10.0. The van der Waals surface area contributed by atoms with Gasteiger partial charge in [-0.25, -0.2) is 0 Å². The molecule has 94 valence electrons. The second-order valence-electron chi connectivity index (χ2n) is 4.24. The van der Waals surface area contributed by atoms with Gasteiger partial charge >= 0.3 is 0 Å². The van der Waals surface area contributed by atoms with E-state index in [0.717, 1.165) is 16.7 Å². The third-order valence-corrected chi connectivity index (χ3v) is 2.89. The zero-order valence-corrected chi connectivity index (χ0v) is 10.3. The number of hydrogen-bond acceptors (Lipinski definition) is 3. The average molecular weight is 243 g/mol. The Morgan fingerprint density at radius 1 is 0.944 bits per heavy atom. The number of phenolic OH excluding ortho intramolecular Hbond substituents is 1. The first-order valence-corrected chi connectivity index (χ1v) is 5.93. The number of rotatable bonds is 4. The van der Waals surface area contributed by atoms with E-state index in [0.29, 0.717) is 6.54 Å². The maximum atomic E-state index is 9.82. The van der Waals surface area contributed by atoms with Gasteiger partial charge in [-0.15, -0.1) is 0 Å². The minimum Gasteiger partial charge on any atom is -0.508 e. The molecule has 0 heterocycles. The van der Waals surface area contributed by atoms with E-state index in [4.69, 9.17) is 0 Å². The molecule has 2 aromatic rings. The number of aliphatic hydroxyl groups excluding tert-OH is 1. The molecule has 0 radical (unpaired) electrons. The Morgan fingerprint density at radius 3 is 1.94 bits per heavy atom. The molecule has 3 nitrogen and oxygen atoms in total. The predicted molar refractivity (Wildman–Crippen MR) is 72.4 cm³/mol. The quantitative estimate of drug-likeness (QED) is 0.772. The number of nitrogens with one attached hydrogen (secondary N) is 1. The van der Waals surface area contributed by atoms with Crippen LogP contribution in [0, 0.1) is 0 Å². The zero-order chi connectivity index (χ0) is 13.0. The topological polar surface area (TPSA) is 52.5 Å². The first-order valence-electron chi connectivity index (χ1n) is 5.93. The average Bonchev–Trinajstić information content (AvgIpc) is 2.40. The summed E-state index contributed by atoms with van der Waals surface area (Å²) in [6, 6.07) is 14.9. The van der Waals surface area contributed by atoms with Crippen molar-refractivity contribution in [3.63, 3.8) is 0 Å². The first-order chi connectivity index (χ1) is 8.70. The van der Waals surface area contributed by atoms with Crippen molar-refractivity contribution in [1.29, 1.82) is 0 Å². The van der Waals surface area contributed by atoms with Crippen LogP contribution in [-0.2, 0) is 0 Å². The fraction of sp³-hybridized carbons (Fsp3) is 0.200. The summed E-state index contributed by atoms with van der Waals surface area (Å²) < 4.78 is 0. The summed E-state index contributed by atoms with van der Waals surface area (Å²) in [7, 11) is 1.81. The van der Waals surface area contributed by atoms with E-state index in [9.17, 15) is 10.2 Å². The molecule has 3 heteroatoms. The van der Waals surface area contributed by atoms with Crippen molar-refractivity contribution in [2.45, 2.75) is 6.10 Å². The zero-order valence-electron chi connectivity index (χ0n) is 10.3. The van der Waals surface area contributed by atoms with Gasteiger partial charge < -0.3 is 15.5 Å². The summed E-state index contributed by atoms with van der Waals surface area (Å²) in [5.74, 6) is 0.264. The second-order valence-corrected chi connectivity index (χ2v) is 4.24. The van der Waals surface area contributed by atoms with Crippen LogP contribution in [0.2, 0.25) is 0 Å². The maximum absolute atomic E-state index is 9.82.